The summed E-state index contributed by atoms with van der Waals surface area (Å²) >= 11 is 0. The van der Waals surface area contributed by atoms with Crippen LogP contribution in [-0.2, 0) is 0 Å². The van der Waals surface area contributed by atoms with E-state index in [4.69, 9.17) is 14.7 Å². The van der Waals surface area contributed by atoms with Crippen LogP contribution in [0.1, 0.15) is 15.9 Å². The van der Waals surface area contributed by atoms with Crippen LogP contribution in [0.25, 0.3) is 0 Å². The van der Waals surface area contributed by atoms with Crippen LogP contribution in [0, 0.1) is 17.1 Å². The summed E-state index contributed by atoms with van der Waals surface area (Å²) in [4.78, 5) is 11.8. The summed E-state index contributed by atoms with van der Waals surface area (Å²) in [5.74, 6) is -0.419. The van der Waals surface area contributed by atoms with Crippen molar-refractivity contribution in [1.29, 1.82) is 5.26 Å². The Hall–Kier alpha value is -3.40. The Morgan fingerprint density at radius 1 is 1.33 bits per heavy atom. The third kappa shape index (κ3) is 4.30. The van der Waals surface area contributed by atoms with Crippen LogP contribution >= 0.6 is 0 Å². The van der Waals surface area contributed by atoms with Crippen molar-refractivity contribution in [1.82, 2.24) is 5.43 Å². The molecule has 0 radical (unpaired) electrons. The number of nitrogens with zero attached hydrogens (tertiary/aromatic N) is 2. The maximum Gasteiger partial charge on any atom is 0.274 e. The monoisotopic (exact) mass is 327 g/mol. The van der Waals surface area contributed by atoms with E-state index in [0.717, 1.165) is 0 Å². The van der Waals surface area contributed by atoms with Gasteiger partial charge in [0.1, 0.15) is 11.9 Å². The van der Waals surface area contributed by atoms with Gasteiger partial charge in [0.05, 0.1) is 18.9 Å². The summed E-state index contributed by atoms with van der Waals surface area (Å²) in [6.45, 7) is -0.0947. The number of hydrazone groups is 1. The van der Waals surface area contributed by atoms with Gasteiger partial charge in [-0.3, -0.25) is 4.79 Å². The lowest BCUT2D eigenvalue weighted by molar-refractivity contribution is 0.0951. The van der Waals surface area contributed by atoms with Crippen LogP contribution in [0.2, 0.25) is 0 Å². The molecule has 0 fully saturated rings. The molecule has 24 heavy (non-hydrogen) atoms. The zero-order chi connectivity index (χ0) is 17.4. The van der Waals surface area contributed by atoms with Crippen LogP contribution in [0.4, 0.5) is 4.39 Å². The maximum atomic E-state index is 13.5. The van der Waals surface area contributed by atoms with Gasteiger partial charge in [-0.25, -0.2) is 9.82 Å². The number of nitriles is 1. The average molecular weight is 327 g/mol. The minimum atomic E-state index is -0.648. The molecule has 6 nitrogen and oxygen atoms in total. The number of carbonyl (C=O) groups excluding carboxylic acids is 1. The van der Waals surface area contributed by atoms with Crippen LogP contribution < -0.4 is 14.9 Å². The quantitative estimate of drug-likeness (QED) is 0.652. The number of benzene rings is 2. The molecule has 0 saturated carbocycles. The Bertz CT molecular complexity index is 800. The molecule has 0 aliphatic carbocycles. The van der Waals surface area contributed by atoms with Gasteiger partial charge in [-0.1, -0.05) is 12.1 Å². The molecule has 0 atom stereocenters. The first kappa shape index (κ1) is 17.0. The van der Waals surface area contributed by atoms with E-state index >= 15 is 0 Å². The molecule has 122 valence electrons. The largest absolute Gasteiger partial charge is 0.493 e. The molecule has 1 amide bonds. The van der Waals surface area contributed by atoms with E-state index in [1.54, 1.807) is 24.3 Å². The fourth-order valence-corrected chi connectivity index (χ4v) is 1.86. The fraction of sp³-hybridized carbons (Fsp3) is 0.118. The van der Waals surface area contributed by atoms with Gasteiger partial charge in [-0.05, 0) is 35.9 Å². The van der Waals surface area contributed by atoms with Crippen molar-refractivity contribution in [3.8, 4) is 17.6 Å². The first-order chi connectivity index (χ1) is 11.7. The Morgan fingerprint density at radius 2 is 2.12 bits per heavy atom. The van der Waals surface area contributed by atoms with Crippen LogP contribution in [0.3, 0.4) is 0 Å². The topological polar surface area (TPSA) is 83.7 Å². The van der Waals surface area contributed by atoms with Crippen molar-refractivity contribution in [3.05, 3.63) is 59.4 Å². The second kappa shape index (κ2) is 8.29. The molecule has 2 aromatic carbocycles. The van der Waals surface area contributed by atoms with Crippen molar-refractivity contribution < 1.29 is 18.7 Å². The Labute approximate surface area is 138 Å². The van der Waals surface area contributed by atoms with E-state index in [-0.39, 0.29) is 12.2 Å². The summed E-state index contributed by atoms with van der Waals surface area (Å²) < 4.78 is 23.8. The molecule has 7 heteroatoms. The molecule has 0 aromatic heterocycles. The molecule has 0 saturated heterocycles. The van der Waals surface area contributed by atoms with Gasteiger partial charge in [0.2, 0.25) is 0 Å². The standard InChI is InChI=1S/C17H14FN3O3/c1-23-16-10-12(6-7-15(16)24-9-8-19)11-20-21-17(22)13-4-2-3-5-14(13)18/h2-7,10-11H,9H2,1H3,(H,21,22)/b20-11-. The molecular formula is C17H14FN3O3. The molecule has 0 aliphatic rings. The molecule has 0 heterocycles. The van der Waals surface area contributed by atoms with E-state index in [2.05, 4.69) is 10.5 Å². The van der Waals surface area contributed by atoms with Gasteiger partial charge in [-0.15, -0.1) is 0 Å². The molecular weight excluding hydrogens is 313 g/mol. The minimum absolute atomic E-state index is 0.0903. The number of amides is 1. The lowest BCUT2D eigenvalue weighted by Crippen LogP contribution is -2.18. The number of halogens is 1. The van der Waals surface area contributed by atoms with Crippen molar-refractivity contribution in [2.24, 2.45) is 5.10 Å². The third-order valence-electron chi connectivity index (χ3n) is 2.98. The van der Waals surface area contributed by atoms with E-state index in [1.807, 2.05) is 6.07 Å². The molecule has 0 bridgehead atoms. The SMILES string of the molecule is COc1cc(/C=N\NC(=O)c2ccccc2F)ccc1OCC#N. The summed E-state index contributed by atoms with van der Waals surface area (Å²) in [6.07, 6.45) is 1.38. The molecule has 1 N–H and O–H groups in total. The average Bonchev–Trinajstić information content (AvgIpc) is 2.60. The normalized spacial score (nSPS) is 10.2. The number of methoxy groups -OCH3 is 1. The first-order valence-electron chi connectivity index (χ1n) is 6.91. The lowest BCUT2D eigenvalue weighted by Gasteiger charge is -2.08. The van der Waals surface area contributed by atoms with Crippen LogP contribution in [-0.4, -0.2) is 25.8 Å². The number of carbonyl (C=O) groups is 1. The highest BCUT2D eigenvalue weighted by molar-refractivity contribution is 5.95. The first-order valence-corrected chi connectivity index (χ1v) is 6.91. The minimum Gasteiger partial charge on any atom is -0.493 e. The second-order valence-corrected chi connectivity index (χ2v) is 4.54. The van der Waals surface area contributed by atoms with Gasteiger partial charge < -0.3 is 9.47 Å². The Morgan fingerprint density at radius 3 is 2.83 bits per heavy atom. The Balaban J connectivity index is 2.05. The molecule has 0 spiro atoms. The number of hydrogen-bond acceptors (Lipinski definition) is 5. The van der Waals surface area contributed by atoms with Gasteiger partial charge in [0.25, 0.3) is 5.91 Å². The van der Waals surface area contributed by atoms with Gasteiger partial charge >= 0.3 is 0 Å². The predicted molar refractivity (Wildman–Crippen MR) is 85.6 cm³/mol. The van der Waals surface area contributed by atoms with Crippen molar-refractivity contribution >= 4 is 12.1 Å². The van der Waals surface area contributed by atoms with Crippen LogP contribution in [0.5, 0.6) is 11.5 Å². The molecule has 0 unspecified atom stereocenters. The predicted octanol–water partition coefficient (Wildman–Crippen LogP) is 2.50. The third-order valence-corrected chi connectivity index (χ3v) is 2.98. The van der Waals surface area contributed by atoms with E-state index in [9.17, 15) is 9.18 Å². The zero-order valence-electron chi connectivity index (χ0n) is 12.8. The molecule has 0 aliphatic heterocycles. The summed E-state index contributed by atoms with van der Waals surface area (Å²) in [6, 6.07) is 12.4. The smallest absolute Gasteiger partial charge is 0.274 e. The van der Waals surface area contributed by atoms with Crippen molar-refractivity contribution in [2.45, 2.75) is 0 Å². The van der Waals surface area contributed by atoms with Gasteiger partial charge in [0.15, 0.2) is 18.1 Å². The van der Waals surface area contributed by atoms with Gasteiger partial charge in [-0.2, -0.15) is 10.4 Å². The van der Waals surface area contributed by atoms with Crippen LogP contribution in [0.15, 0.2) is 47.6 Å². The number of rotatable bonds is 6. The lowest BCUT2D eigenvalue weighted by atomic mass is 10.2. The highest BCUT2D eigenvalue weighted by Gasteiger charge is 2.09. The van der Waals surface area contributed by atoms with Crippen molar-refractivity contribution in [3.63, 3.8) is 0 Å². The summed E-state index contributed by atoms with van der Waals surface area (Å²) in [5, 5.41) is 12.3. The molecule has 2 rings (SSSR count). The van der Waals surface area contributed by atoms with E-state index in [1.165, 1.54) is 31.5 Å². The zero-order valence-corrected chi connectivity index (χ0v) is 12.8. The summed E-state index contributed by atoms with van der Waals surface area (Å²) in [7, 11) is 1.47. The summed E-state index contributed by atoms with van der Waals surface area (Å²) in [5.41, 5.74) is 2.79. The number of nitrogens with one attached hydrogen (secondary N) is 1. The Kier molecular flexibility index (Phi) is 5.86. The van der Waals surface area contributed by atoms with E-state index in [0.29, 0.717) is 17.1 Å². The molecule has 2 aromatic rings. The number of ether oxygens (including phenoxy) is 2. The fourth-order valence-electron chi connectivity index (χ4n) is 1.86. The van der Waals surface area contributed by atoms with Crippen molar-refractivity contribution in [2.75, 3.05) is 13.7 Å². The highest BCUT2D eigenvalue weighted by Crippen LogP contribution is 2.27. The van der Waals surface area contributed by atoms with Gasteiger partial charge in [0, 0.05) is 0 Å². The van der Waals surface area contributed by atoms with E-state index < -0.39 is 11.7 Å². The second-order valence-electron chi connectivity index (χ2n) is 4.54. The highest BCUT2D eigenvalue weighted by atomic mass is 19.1. The maximum absolute atomic E-state index is 13.5. The number of hydrogen-bond donors (Lipinski definition) is 1.